The first kappa shape index (κ1) is 15.2. The van der Waals surface area contributed by atoms with Crippen LogP contribution in [0.15, 0.2) is 24.3 Å². The van der Waals surface area contributed by atoms with Gasteiger partial charge >= 0.3 is 0 Å². The van der Waals surface area contributed by atoms with E-state index in [1.807, 2.05) is 36.0 Å². The molecule has 1 aliphatic carbocycles. The molecule has 1 N–H and O–H groups in total. The number of nitrogens with one attached hydrogen (secondary N) is 1. The number of ether oxygens (including phenoxy) is 1. The summed E-state index contributed by atoms with van der Waals surface area (Å²) in [6.07, 6.45) is 6.53. The van der Waals surface area contributed by atoms with Crippen molar-refractivity contribution < 1.29 is 9.53 Å². The topological polar surface area (TPSA) is 38.3 Å². The van der Waals surface area contributed by atoms with Crippen molar-refractivity contribution in [3.05, 3.63) is 29.8 Å². The Kier molecular flexibility index (Phi) is 6.25. The largest absolute Gasteiger partial charge is 0.496 e. The lowest BCUT2D eigenvalue weighted by atomic mass is 10.0. The highest BCUT2D eigenvalue weighted by atomic mass is 32.2. The Bertz CT molecular complexity index is 430. The Labute approximate surface area is 125 Å². The number of benzene rings is 1. The Hall–Kier alpha value is -1.16. The molecule has 0 bridgehead atoms. The number of hydrogen-bond acceptors (Lipinski definition) is 3. The van der Waals surface area contributed by atoms with Gasteiger partial charge in [-0.15, -0.1) is 11.8 Å². The highest BCUT2D eigenvalue weighted by Crippen LogP contribution is 2.27. The summed E-state index contributed by atoms with van der Waals surface area (Å²) in [4.78, 5) is 11.9. The minimum Gasteiger partial charge on any atom is -0.496 e. The summed E-state index contributed by atoms with van der Waals surface area (Å²) in [6, 6.07) is 7.79. The van der Waals surface area contributed by atoms with Crippen LogP contribution in [0.25, 0.3) is 0 Å². The summed E-state index contributed by atoms with van der Waals surface area (Å²) in [6.45, 7) is 0.536. The van der Waals surface area contributed by atoms with Gasteiger partial charge in [-0.25, -0.2) is 0 Å². The van der Waals surface area contributed by atoms with Gasteiger partial charge in [0, 0.05) is 17.4 Å². The van der Waals surface area contributed by atoms with Gasteiger partial charge in [0.15, 0.2) is 0 Å². The van der Waals surface area contributed by atoms with E-state index in [0.717, 1.165) is 11.3 Å². The fraction of sp³-hybridized carbons (Fsp3) is 0.562. The summed E-state index contributed by atoms with van der Waals surface area (Å²) >= 11 is 1.81. The van der Waals surface area contributed by atoms with Crippen molar-refractivity contribution in [3.63, 3.8) is 0 Å². The van der Waals surface area contributed by atoms with Crippen molar-refractivity contribution >= 4 is 17.7 Å². The number of rotatable bonds is 6. The lowest BCUT2D eigenvalue weighted by molar-refractivity contribution is -0.118. The van der Waals surface area contributed by atoms with E-state index >= 15 is 0 Å². The maximum atomic E-state index is 11.9. The molecule has 1 aliphatic rings. The molecule has 0 atom stereocenters. The zero-order valence-corrected chi connectivity index (χ0v) is 12.9. The predicted molar refractivity (Wildman–Crippen MR) is 84.2 cm³/mol. The molecule has 1 saturated carbocycles. The molecule has 0 aliphatic heterocycles. The van der Waals surface area contributed by atoms with E-state index in [4.69, 9.17) is 4.74 Å². The van der Waals surface area contributed by atoms with Gasteiger partial charge in [0.25, 0.3) is 0 Å². The number of carbonyl (C=O) groups is 1. The molecule has 3 nitrogen and oxygen atoms in total. The van der Waals surface area contributed by atoms with Crippen molar-refractivity contribution in [1.82, 2.24) is 5.32 Å². The summed E-state index contributed by atoms with van der Waals surface area (Å²) in [7, 11) is 1.65. The van der Waals surface area contributed by atoms with E-state index in [1.54, 1.807) is 7.11 Å². The Morgan fingerprint density at radius 2 is 2.05 bits per heavy atom. The highest BCUT2D eigenvalue weighted by Gasteiger charge is 2.15. The average Bonchev–Trinajstić information content (AvgIpc) is 2.52. The fourth-order valence-corrected chi connectivity index (χ4v) is 3.67. The van der Waals surface area contributed by atoms with Crippen LogP contribution in [0.5, 0.6) is 5.75 Å². The minimum absolute atomic E-state index is 0.117. The number of para-hydroxylation sites is 1. The molecule has 20 heavy (non-hydrogen) atoms. The molecular weight excluding hydrogens is 270 g/mol. The van der Waals surface area contributed by atoms with Crippen LogP contribution in [0, 0.1) is 0 Å². The molecule has 110 valence electrons. The first-order valence-electron chi connectivity index (χ1n) is 7.30. The summed E-state index contributed by atoms with van der Waals surface area (Å²) in [5.41, 5.74) is 1.02. The van der Waals surface area contributed by atoms with Crippen LogP contribution in [-0.2, 0) is 11.3 Å². The fourth-order valence-electron chi connectivity index (χ4n) is 2.52. The van der Waals surface area contributed by atoms with Gasteiger partial charge in [0.1, 0.15) is 5.75 Å². The first-order chi connectivity index (χ1) is 9.79. The van der Waals surface area contributed by atoms with Gasteiger partial charge < -0.3 is 10.1 Å². The molecule has 1 fully saturated rings. The maximum absolute atomic E-state index is 11.9. The van der Waals surface area contributed by atoms with E-state index in [0.29, 0.717) is 17.5 Å². The maximum Gasteiger partial charge on any atom is 0.230 e. The van der Waals surface area contributed by atoms with Crippen LogP contribution >= 0.6 is 11.8 Å². The molecule has 2 rings (SSSR count). The zero-order chi connectivity index (χ0) is 14.2. The monoisotopic (exact) mass is 293 g/mol. The summed E-state index contributed by atoms with van der Waals surface area (Å²) in [5.74, 6) is 1.51. The van der Waals surface area contributed by atoms with Crippen LogP contribution in [-0.4, -0.2) is 24.0 Å². The van der Waals surface area contributed by atoms with Crippen molar-refractivity contribution in [3.8, 4) is 5.75 Å². The second-order valence-electron chi connectivity index (χ2n) is 5.16. The standard InChI is InChI=1S/C16H23NO2S/c1-19-15-10-6-5-7-13(15)11-17-16(18)12-20-14-8-3-2-4-9-14/h5-7,10,14H,2-4,8-9,11-12H2,1H3,(H,17,18). The van der Waals surface area contributed by atoms with Gasteiger partial charge in [-0.05, 0) is 18.9 Å². The van der Waals surface area contributed by atoms with E-state index in [-0.39, 0.29) is 5.91 Å². The van der Waals surface area contributed by atoms with Crippen LogP contribution in [0.1, 0.15) is 37.7 Å². The molecule has 1 aromatic carbocycles. The summed E-state index contributed by atoms with van der Waals surface area (Å²) < 4.78 is 5.28. The lowest BCUT2D eigenvalue weighted by Crippen LogP contribution is -2.26. The zero-order valence-electron chi connectivity index (χ0n) is 12.1. The molecule has 0 spiro atoms. The van der Waals surface area contributed by atoms with Crippen molar-refractivity contribution in [2.45, 2.75) is 43.9 Å². The summed E-state index contributed by atoms with van der Waals surface area (Å²) in [5, 5.41) is 3.65. The number of thioether (sulfide) groups is 1. The molecule has 0 saturated heterocycles. The second kappa shape index (κ2) is 8.20. The SMILES string of the molecule is COc1ccccc1CNC(=O)CSC1CCCCC1. The highest BCUT2D eigenvalue weighted by molar-refractivity contribution is 8.00. The van der Waals surface area contributed by atoms with E-state index in [2.05, 4.69) is 5.32 Å². The van der Waals surface area contributed by atoms with Gasteiger partial charge in [-0.2, -0.15) is 0 Å². The molecule has 1 aromatic rings. The number of amides is 1. The van der Waals surface area contributed by atoms with Gasteiger partial charge in [-0.3, -0.25) is 4.79 Å². The molecular formula is C16H23NO2S. The quantitative estimate of drug-likeness (QED) is 0.874. The van der Waals surface area contributed by atoms with Gasteiger partial charge in [0.05, 0.1) is 12.9 Å². The van der Waals surface area contributed by atoms with E-state index in [1.165, 1.54) is 32.1 Å². The second-order valence-corrected chi connectivity index (χ2v) is 6.45. The Morgan fingerprint density at radius 1 is 1.30 bits per heavy atom. The lowest BCUT2D eigenvalue weighted by Gasteiger charge is -2.20. The molecule has 0 heterocycles. The van der Waals surface area contributed by atoms with E-state index < -0.39 is 0 Å². The van der Waals surface area contributed by atoms with Crippen LogP contribution in [0.2, 0.25) is 0 Å². The molecule has 0 aromatic heterocycles. The first-order valence-corrected chi connectivity index (χ1v) is 8.34. The van der Waals surface area contributed by atoms with E-state index in [9.17, 15) is 4.79 Å². The minimum atomic E-state index is 0.117. The third-order valence-electron chi connectivity index (χ3n) is 3.67. The smallest absolute Gasteiger partial charge is 0.230 e. The third-order valence-corrected chi connectivity index (χ3v) is 5.04. The number of hydrogen-bond donors (Lipinski definition) is 1. The van der Waals surface area contributed by atoms with Crippen LogP contribution < -0.4 is 10.1 Å². The molecule has 1 amide bonds. The Balaban J connectivity index is 1.71. The van der Waals surface area contributed by atoms with Crippen molar-refractivity contribution in [2.24, 2.45) is 0 Å². The van der Waals surface area contributed by atoms with Crippen LogP contribution in [0.3, 0.4) is 0 Å². The number of methoxy groups -OCH3 is 1. The van der Waals surface area contributed by atoms with Gasteiger partial charge in [0.2, 0.25) is 5.91 Å². The van der Waals surface area contributed by atoms with Crippen molar-refractivity contribution in [1.29, 1.82) is 0 Å². The number of carbonyl (C=O) groups excluding carboxylic acids is 1. The normalized spacial score (nSPS) is 15.8. The average molecular weight is 293 g/mol. The third kappa shape index (κ3) is 4.75. The molecule has 0 radical (unpaired) electrons. The Morgan fingerprint density at radius 3 is 2.80 bits per heavy atom. The van der Waals surface area contributed by atoms with Gasteiger partial charge in [-0.1, -0.05) is 37.5 Å². The molecule has 4 heteroatoms. The van der Waals surface area contributed by atoms with Crippen molar-refractivity contribution in [2.75, 3.05) is 12.9 Å². The van der Waals surface area contributed by atoms with Crippen LogP contribution in [0.4, 0.5) is 0 Å². The predicted octanol–water partition coefficient (Wildman–Crippen LogP) is 3.38. The molecule has 0 unspecified atom stereocenters.